The summed E-state index contributed by atoms with van der Waals surface area (Å²) < 4.78 is 39.8. The molecular formula is C73H81F2NO4. The fourth-order valence-corrected chi connectivity index (χ4v) is 13.2. The Hall–Kier alpha value is -7.38. The zero-order valence-corrected chi connectivity index (χ0v) is 49.4. The lowest BCUT2D eigenvalue weighted by Gasteiger charge is -2.35. The summed E-state index contributed by atoms with van der Waals surface area (Å²) in [5, 5.41) is 26.8. The molecule has 0 unspecified atom stereocenters. The lowest BCUT2D eigenvalue weighted by Crippen LogP contribution is -2.25. The van der Waals surface area contributed by atoms with Crippen molar-refractivity contribution in [1.29, 1.82) is 0 Å². The van der Waals surface area contributed by atoms with Crippen molar-refractivity contribution in [3.8, 4) is 73.2 Å². The van der Waals surface area contributed by atoms with E-state index in [1.807, 2.05) is 63.2 Å². The van der Waals surface area contributed by atoms with E-state index in [1.54, 1.807) is 6.07 Å². The first-order valence-electron chi connectivity index (χ1n) is 28.1. The molecule has 0 saturated carbocycles. The molecule has 0 spiro atoms. The van der Waals surface area contributed by atoms with Crippen molar-refractivity contribution in [2.75, 3.05) is 13.2 Å². The summed E-state index contributed by atoms with van der Waals surface area (Å²) in [6.07, 6.45) is 3.01. The van der Waals surface area contributed by atoms with E-state index in [0.717, 1.165) is 73.6 Å². The molecule has 9 rings (SSSR count). The van der Waals surface area contributed by atoms with E-state index >= 15 is 8.78 Å². The first-order valence-corrected chi connectivity index (χ1v) is 28.1. The van der Waals surface area contributed by atoms with Crippen LogP contribution in [0, 0.1) is 57.5 Å². The molecule has 80 heavy (non-hydrogen) atoms. The Morgan fingerprint density at radius 1 is 0.463 bits per heavy atom. The van der Waals surface area contributed by atoms with Gasteiger partial charge < -0.3 is 23.5 Å². The SMILES string of the molecule is [CH2-][O+](CCCC[O+]([CH2-])c1c(C)cc(F)cc1-c1cc(C(C)(C)CC(C)(C)C)cc(-n2c3cc(-c4ccccc4)ccc3c3ccc(-c4ccccc4)cc32)c1O)c1c(C)cc(F)cc1-c1cc(C(C)(C)CC(C)(C)C)c(C)cc1O. The minimum absolute atomic E-state index is 0.0219. The second-order valence-electron chi connectivity index (χ2n) is 26.1. The van der Waals surface area contributed by atoms with Crippen LogP contribution in [0.5, 0.6) is 23.0 Å². The number of hydrogen-bond acceptors (Lipinski definition) is 2. The van der Waals surface area contributed by atoms with Crippen molar-refractivity contribution in [2.24, 2.45) is 10.8 Å². The molecule has 0 radical (unpaired) electrons. The topological polar surface area (TPSA) is 50.8 Å². The van der Waals surface area contributed by atoms with Crippen LogP contribution in [0.1, 0.15) is 123 Å². The van der Waals surface area contributed by atoms with E-state index in [1.165, 1.54) is 24.3 Å². The fourth-order valence-electron chi connectivity index (χ4n) is 13.2. The van der Waals surface area contributed by atoms with Crippen molar-refractivity contribution >= 4 is 21.8 Å². The smallest absolute Gasteiger partial charge is 0.237 e. The van der Waals surface area contributed by atoms with E-state index in [9.17, 15) is 10.2 Å². The van der Waals surface area contributed by atoms with E-state index in [0.29, 0.717) is 76.6 Å². The molecule has 9 aromatic rings. The number of benzene rings is 8. The normalized spacial score (nSPS) is 12.5. The van der Waals surface area contributed by atoms with E-state index in [-0.39, 0.29) is 33.2 Å². The molecule has 0 amide bonds. The van der Waals surface area contributed by atoms with Gasteiger partial charge in [-0.25, -0.2) is 8.78 Å². The van der Waals surface area contributed by atoms with Crippen molar-refractivity contribution in [2.45, 2.75) is 127 Å². The molecule has 0 fully saturated rings. The van der Waals surface area contributed by atoms with E-state index in [4.69, 9.17) is 0 Å². The van der Waals surface area contributed by atoms with Gasteiger partial charge in [-0.05, 0) is 169 Å². The highest BCUT2D eigenvalue weighted by Gasteiger charge is 2.34. The first-order chi connectivity index (χ1) is 37.6. The number of fused-ring (bicyclic) bond motifs is 3. The number of nitrogens with zero attached hydrogens (tertiary/aromatic N) is 1. The molecule has 5 nitrogen and oxygen atoms in total. The van der Waals surface area contributed by atoms with Crippen LogP contribution in [-0.4, -0.2) is 28.0 Å². The van der Waals surface area contributed by atoms with Gasteiger partial charge in [-0.3, -0.25) is 0 Å². The van der Waals surface area contributed by atoms with Gasteiger partial charge in [-0.15, -0.1) is 0 Å². The van der Waals surface area contributed by atoms with Crippen LogP contribution in [0.3, 0.4) is 0 Å². The maximum atomic E-state index is 16.2. The van der Waals surface area contributed by atoms with Crippen molar-refractivity contribution in [3.63, 3.8) is 0 Å². The van der Waals surface area contributed by atoms with Gasteiger partial charge in [0.15, 0.2) is 0 Å². The third-order valence-electron chi connectivity index (χ3n) is 15.8. The zero-order valence-electron chi connectivity index (χ0n) is 49.4. The third-order valence-corrected chi connectivity index (χ3v) is 15.8. The van der Waals surface area contributed by atoms with Crippen molar-refractivity contribution in [3.05, 3.63) is 199 Å². The highest BCUT2D eigenvalue weighted by atomic mass is 19.1. The molecule has 0 atom stereocenters. The number of rotatable bonds is 16. The molecule has 1 heterocycles. The predicted molar refractivity (Wildman–Crippen MR) is 331 cm³/mol. The van der Waals surface area contributed by atoms with Gasteiger partial charge in [-0.2, -0.15) is 0 Å². The van der Waals surface area contributed by atoms with Crippen molar-refractivity contribution in [1.82, 2.24) is 4.57 Å². The van der Waals surface area contributed by atoms with Gasteiger partial charge >= 0.3 is 0 Å². The first kappa shape index (κ1) is 57.3. The van der Waals surface area contributed by atoms with Gasteiger partial charge in [0.25, 0.3) is 0 Å². The predicted octanol–water partition coefficient (Wildman–Crippen LogP) is 21.1. The molecule has 0 aliphatic carbocycles. The molecule has 8 aromatic carbocycles. The Kier molecular flexibility index (Phi) is 15.7. The van der Waals surface area contributed by atoms with Crippen LogP contribution in [-0.2, 0) is 19.6 Å². The van der Waals surface area contributed by atoms with E-state index < -0.39 is 11.6 Å². The third kappa shape index (κ3) is 11.9. The van der Waals surface area contributed by atoms with Crippen LogP contribution in [0.2, 0.25) is 0 Å². The molecule has 1 aromatic heterocycles. The lowest BCUT2D eigenvalue weighted by molar-refractivity contribution is 0.00432. The quantitative estimate of drug-likeness (QED) is 0.0575. The second-order valence-corrected chi connectivity index (χ2v) is 26.1. The molecule has 2 N–H and O–H groups in total. The number of aromatic nitrogens is 1. The summed E-state index contributed by atoms with van der Waals surface area (Å²) in [7, 11) is 8.93. The summed E-state index contributed by atoms with van der Waals surface area (Å²) in [5.41, 5.74) is 12.6. The summed E-state index contributed by atoms with van der Waals surface area (Å²) in [6, 6.07) is 47.8. The highest BCUT2D eigenvalue weighted by Crippen LogP contribution is 2.51. The van der Waals surface area contributed by atoms with Crippen LogP contribution in [0.15, 0.2) is 146 Å². The second kappa shape index (κ2) is 21.9. The monoisotopic (exact) mass is 1070 g/mol. The standard InChI is InChI=1S/C73H81F2NO4/c1-46-36-66(77)58(43-62(46)73(12,13)45-71(7,8)9)60-41-54(74)34-47(2)68(60)79(14)32-22-23-33-80(15)69-48(3)35-55(75)42-61(69)59-39-53(72(10,11)44-70(4,5)6)40-65(67(59)78)76-63-37-51(49-24-18-16-19-25-49)28-30-56(63)57-31-29-52(38-64(57)76)50-26-20-17-21-27-50/h16-21,24-31,34-43,77-78H,14-15,22-23,32-33,44-45H2,1-13H3. The Bertz CT molecular complexity index is 3650. The van der Waals surface area contributed by atoms with Gasteiger partial charge in [0, 0.05) is 45.9 Å². The number of hydrogen-bond donors (Lipinski definition) is 2. The van der Waals surface area contributed by atoms with Crippen LogP contribution >= 0.6 is 0 Å². The molecular weight excluding hydrogens is 993 g/mol. The average molecular weight is 1070 g/mol. The molecule has 7 heteroatoms. The Morgan fingerprint density at radius 3 is 1.38 bits per heavy atom. The lowest BCUT2D eigenvalue weighted by atomic mass is 9.70. The van der Waals surface area contributed by atoms with Crippen molar-refractivity contribution < 1.29 is 27.7 Å². The molecule has 0 saturated heterocycles. The minimum Gasteiger partial charge on any atom is -0.711 e. The summed E-state index contributed by atoms with van der Waals surface area (Å²) in [4.78, 5) is 0. The number of phenols is 2. The molecule has 416 valence electrons. The highest BCUT2D eigenvalue weighted by molar-refractivity contribution is 6.11. The van der Waals surface area contributed by atoms with Gasteiger partial charge in [-0.1, -0.05) is 154 Å². The minimum atomic E-state index is -0.425. The number of aromatic hydroxyl groups is 2. The number of halogens is 2. The van der Waals surface area contributed by atoms with Crippen LogP contribution < -0.4 is 0 Å². The Balaban J connectivity index is 1.11. The van der Waals surface area contributed by atoms with Gasteiger partial charge in [0.05, 0.1) is 27.8 Å². The van der Waals surface area contributed by atoms with Crippen LogP contribution in [0.4, 0.5) is 8.78 Å². The Labute approximate surface area is 474 Å². The number of aryl methyl sites for hydroxylation is 3. The maximum absolute atomic E-state index is 16.2. The summed E-state index contributed by atoms with van der Waals surface area (Å²) >= 11 is 0. The van der Waals surface area contributed by atoms with E-state index in [2.05, 4.69) is 170 Å². The maximum Gasteiger partial charge on any atom is 0.237 e. The molecule has 0 aliphatic heterocycles. The molecule has 0 bridgehead atoms. The fraction of sp³-hybridized carbons (Fsp3) is 0.315. The summed E-state index contributed by atoms with van der Waals surface area (Å²) in [6.45, 7) is 29.0. The Morgan fingerprint density at radius 2 is 0.912 bits per heavy atom. The average Bonchev–Trinajstić information content (AvgIpc) is 3.96. The molecule has 0 aliphatic rings. The number of phenolic OH excluding ortho intramolecular Hbond substituents is 2. The summed E-state index contributed by atoms with van der Waals surface area (Å²) in [5.74, 6) is 0.580. The van der Waals surface area contributed by atoms with Crippen LogP contribution in [0.25, 0.3) is 72.0 Å². The largest absolute Gasteiger partial charge is 0.711 e. The zero-order chi connectivity index (χ0) is 57.8. The van der Waals surface area contributed by atoms with Gasteiger partial charge in [0.2, 0.25) is 11.5 Å². The van der Waals surface area contributed by atoms with Gasteiger partial charge in [0.1, 0.15) is 36.3 Å². The number of unbranched alkanes of at least 4 members (excludes halogenated alkanes) is 1.